The summed E-state index contributed by atoms with van der Waals surface area (Å²) in [6, 6.07) is 13.8. The van der Waals surface area contributed by atoms with Gasteiger partial charge in [-0.15, -0.1) is 0 Å². The van der Waals surface area contributed by atoms with Crippen LogP contribution < -0.4 is 0 Å². The third-order valence-electron chi connectivity index (χ3n) is 5.11. The van der Waals surface area contributed by atoms with Crippen molar-refractivity contribution in [3.63, 3.8) is 0 Å². The molecule has 0 saturated carbocycles. The summed E-state index contributed by atoms with van der Waals surface area (Å²) in [5.41, 5.74) is 3.36. The number of sulfonamides is 1. The van der Waals surface area contributed by atoms with Crippen molar-refractivity contribution in [1.29, 1.82) is 0 Å². The van der Waals surface area contributed by atoms with Crippen LogP contribution in [0, 0.1) is 0 Å². The van der Waals surface area contributed by atoms with E-state index in [2.05, 4.69) is 25.7 Å². The quantitative estimate of drug-likeness (QED) is 0.398. The van der Waals surface area contributed by atoms with Crippen LogP contribution in [0.3, 0.4) is 0 Å². The molecule has 0 amide bonds. The van der Waals surface area contributed by atoms with Crippen molar-refractivity contribution in [3.05, 3.63) is 53.6 Å². The van der Waals surface area contributed by atoms with Crippen LogP contribution in [0.25, 0.3) is 11.1 Å². The minimum atomic E-state index is -3.50. The largest absolute Gasteiger partial charge is 0.465 e. The number of nitrogens with zero attached hydrogens (tertiary/aromatic N) is 1. The Morgan fingerprint density at radius 2 is 1.57 bits per heavy atom. The number of carbonyl (C=O) groups is 1. The van der Waals surface area contributed by atoms with E-state index < -0.39 is 18.1 Å². The lowest BCUT2D eigenvalue weighted by Gasteiger charge is -2.18. The molecule has 0 saturated heterocycles. The van der Waals surface area contributed by atoms with Crippen molar-refractivity contribution >= 4 is 24.1 Å². The number of aryl methyl sites for hydroxylation is 1. The number of benzene rings is 2. The standard InChI is InChI=1S/C23H33NO4SSi/c1-7-24(8-2)29(26,27)22-11-9-19(10-12-22)20-15-18(13-14-30(4,5)6)16-21(17-20)23(25)28-3/h9-12,15-17H,7-8,13-14H2,1-6H3. The average Bonchev–Trinajstić information content (AvgIpc) is 2.71. The van der Waals surface area contributed by atoms with Gasteiger partial charge in [-0.3, -0.25) is 0 Å². The molecule has 2 aromatic rings. The molecule has 0 bridgehead atoms. The van der Waals surface area contributed by atoms with Crippen molar-refractivity contribution in [3.8, 4) is 11.1 Å². The summed E-state index contributed by atoms with van der Waals surface area (Å²) in [4.78, 5) is 12.5. The zero-order chi connectivity index (χ0) is 22.5. The molecule has 0 spiro atoms. The molecule has 0 unspecified atom stereocenters. The van der Waals surface area contributed by atoms with Crippen molar-refractivity contribution in [2.45, 2.75) is 50.8 Å². The van der Waals surface area contributed by atoms with Gasteiger partial charge in [0.15, 0.2) is 0 Å². The SMILES string of the molecule is CCN(CC)S(=O)(=O)c1ccc(-c2cc(CC[Si](C)(C)C)cc(C(=O)OC)c2)cc1. The lowest BCUT2D eigenvalue weighted by molar-refractivity contribution is 0.0600. The first-order valence-corrected chi connectivity index (χ1v) is 15.5. The number of carbonyl (C=O) groups excluding carboxylic acids is 1. The third-order valence-corrected chi connectivity index (χ3v) is 8.92. The molecular formula is C23H33NO4SSi. The fourth-order valence-electron chi connectivity index (χ4n) is 3.29. The van der Waals surface area contributed by atoms with Gasteiger partial charge in [-0.1, -0.05) is 57.7 Å². The van der Waals surface area contributed by atoms with E-state index in [1.165, 1.54) is 11.4 Å². The Kier molecular flexibility index (Phi) is 8.02. The van der Waals surface area contributed by atoms with Crippen molar-refractivity contribution in [2.75, 3.05) is 20.2 Å². The minimum Gasteiger partial charge on any atom is -0.465 e. The van der Waals surface area contributed by atoms with Gasteiger partial charge in [0, 0.05) is 21.2 Å². The molecule has 7 heteroatoms. The first kappa shape index (κ1) is 24.3. The van der Waals surface area contributed by atoms with Crippen molar-refractivity contribution in [2.24, 2.45) is 0 Å². The van der Waals surface area contributed by atoms with E-state index in [-0.39, 0.29) is 10.9 Å². The van der Waals surface area contributed by atoms with Gasteiger partial charge in [0.25, 0.3) is 0 Å². The molecule has 0 N–H and O–H groups in total. The smallest absolute Gasteiger partial charge is 0.337 e. The molecule has 2 rings (SSSR count). The number of ether oxygens (including phenoxy) is 1. The van der Waals surface area contributed by atoms with Crippen LogP contribution >= 0.6 is 0 Å². The molecule has 5 nitrogen and oxygen atoms in total. The first-order valence-electron chi connectivity index (χ1n) is 10.3. The monoisotopic (exact) mass is 447 g/mol. The van der Waals surface area contributed by atoms with Gasteiger partial charge in [-0.2, -0.15) is 4.31 Å². The van der Waals surface area contributed by atoms with E-state index in [1.54, 1.807) is 30.3 Å². The van der Waals surface area contributed by atoms with Gasteiger partial charge in [-0.25, -0.2) is 13.2 Å². The molecule has 0 radical (unpaired) electrons. The van der Waals surface area contributed by atoms with Gasteiger partial charge in [0.1, 0.15) is 0 Å². The summed E-state index contributed by atoms with van der Waals surface area (Å²) < 4.78 is 31.8. The molecule has 0 aromatic heterocycles. The van der Waals surface area contributed by atoms with Crippen LogP contribution in [-0.4, -0.2) is 47.0 Å². The van der Waals surface area contributed by atoms with E-state index in [1.807, 2.05) is 19.9 Å². The second-order valence-corrected chi connectivity index (χ2v) is 16.1. The second-order valence-electron chi connectivity index (χ2n) is 8.58. The number of methoxy groups -OCH3 is 1. The highest BCUT2D eigenvalue weighted by atomic mass is 32.2. The van der Waals surface area contributed by atoms with Crippen molar-refractivity contribution < 1.29 is 17.9 Å². The number of hydrogen-bond donors (Lipinski definition) is 0. The van der Waals surface area contributed by atoms with Gasteiger partial charge in [0.05, 0.1) is 17.6 Å². The topological polar surface area (TPSA) is 63.7 Å². The van der Waals surface area contributed by atoms with Gasteiger partial charge in [-0.05, 0) is 47.4 Å². The summed E-state index contributed by atoms with van der Waals surface area (Å²) >= 11 is 0. The number of esters is 1. The Balaban J connectivity index is 2.43. The third kappa shape index (κ3) is 6.03. The maximum absolute atomic E-state index is 12.7. The summed E-state index contributed by atoms with van der Waals surface area (Å²) in [7, 11) is -3.34. The number of hydrogen-bond acceptors (Lipinski definition) is 4. The molecule has 0 aliphatic carbocycles. The summed E-state index contributed by atoms with van der Waals surface area (Å²) in [6.07, 6.45) is 0.905. The molecule has 30 heavy (non-hydrogen) atoms. The van der Waals surface area contributed by atoms with Crippen LogP contribution in [0.4, 0.5) is 0 Å². The second kappa shape index (κ2) is 9.90. The molecule has 0 heterocycles. The zero-order valence-corrected chi connectivity index (χ0v) is 20.7. The van der Waals surface area contributed by atoms with E-state index >= 15 is 0 Å². The summed E-state index contributed by atoms with van der Waals surface area (Å²) in [5, 5.41) is 0. The van der Waals surface area contributed by atoms with Crippen LogP contribution in [0.2, 0.25) is 25.7 Å². The normalized spacial score (nSPS) is 12.2. The Hall–Kier alpha value is -1.96. The molecule has 164 valence electrons. The lowest BCUT2D eigenvalue weighted by Crippen LogP contribution is -2.30. The highest BCUT2D eigenvalue weighted by Gasteiger charge is 2.21. The lowest BCUT2D eigenvalue weighted by atomic mass is 9.98. The van der Waals surface area contributed by atoms with Gasteiger partial charge in [0.2, 0.25) is 10.0 Å². The van der Waals surface area contributed by atoms with Crippen LogP contribution in [0.1, 0.15) is 29.8 Å². The predicted octanol–water partition coefficient (Wildman–Crippen LogP) is 5.05. The zero-order valence-electron chi connectivity index (χ0n) is 18.9. The highest BCUT2D eigenvalue weighted by Crippen LogP contribution is 2.27. The van der Waals surface area contributed by atoms with E-state index in [0.717, 1.165) is 29.2 Å². The summed E-state index contributed by atoms with van der Waals surface area (Å²) in [5.74, 6) is -0.369. The highest BCUT2D eigenvalue weighted by molar-refractivity contribution is 7.89. The Morgan fingerprint density at radius 1 is 0.967 bits per heavy atom. The van der Waals surface area contributed by atoms with Crippen LogP contribution in [-0.2, 0) is 21.2 Å². The molecule has 0 fully saturated rings. The predicted molar refractivity (Wildman–Crippen MR) is 125 cm³/mol. The average molecular weight is 448 g/mol. The van der Waals surface area contributed by atoms with E-state index in [0.29, 0.717) is 18.7 Å². The molecular weight excluding hydrogens is 414 g/mol. The van der Waals surface area contributed by atoms with Crippen LogP contribution in [0.15, 0.2) is 47.4 Å². The maximum atomic E-state index is 12.7. The first-order chi connectivity index (χ1) is 14.0. The molecule has 0 aliphatic heterocycles. The van der Waals surface area contributed by atoms with Crippen LogP contribution in [0.5, 0.6) is 0 Å². The number of rotatable bonds is 9. The summed E-state index contributed by atoms with van der Waals surface area (Å²) in [6.45, 7) is 11.5. The van der Waals surface area contributed by atoms with Gasteiger partial charge < -0.3 is 4.74 Å². The fourth-order valence-corrected chi connectivity index (χ4v) is 5.79. The Morgan fingerprint density at radius 3 is 2.07 bits per heavy atom. The molecule has 0 atom stereocenters. The van der Waals surface area contributed by atoms with E-state index in [9.17, 15) is 13.2 Å². The van der Waals surface area contributed by atoms with Gasteiger partial charge >= 0.3 is 5.97 Å². The maximum Gasteiger partial charge on any atom is 0.337 e. The fraction of sp³-hybridized carbons (Fsp3) is 0.435. The molecule has 0 aliphatic rings. The van der Waals surface area contributed by atoms with Crippen molar-refractivity contribution in [1.82, 2.24) is 4.31 Å². The molecule has 2 aromatic carbocycles. The van der Waals surface area contributed by atoms with E-state index in [4.69, 9.17) is 4.74 Å². The Labute approximate surface area is 182 Å². The Bertz CT molecular complexity index is 975. The minimum absolute atomic E-state index is 0.276.